The number of nitrogens with one attached hydrogen (secondary N) is 2. The molecule has 0 bridgehead atoms. The summed E-state index contributed by atoms with van der Waals surface area (Å²) < 4.78 is 0. The van der Waals surface area contributed by atoms with Crippen molar-refractivity contribution in [2.75, 3.05) is 18.1 Å². The molecule has 0 saturated carbocycles. The van der Waals surface area contributed by atoms with Crippen LogP contribution in [-0.4, -0.2) is 41.2 Å². The predicted molar refractivity (Wildman–Crippen MR) is 63.7 cm³/mol. The third-order valence-corrected chi connectivity index (χ3v) is 3.66. The molecule has 0 spiro atoms. The van der Waals surface area contributed by atoms with Crippen molar-refractivity contribution in [3.63, 3.8) is 0 Å². The lowest BCUT2D eigenvalue weighted by Gasteiger charge is -2.21. The van der Waals surface area contributed by atoms with E-state index in [4.69, 9.17) is 5.11 Å². The van der Waals surface area contributed by atoms with Gasteiger partial charge in [0.15, 0.2) is 0 Å². The summed E-state index contributed by atoms with van der Waals surface area (Å²) in [5.74, 6) is 1.82. The lowest BCUT2D eigenvalue weighted by molar-refractivity contribution is -0.138. The van der Waals surface area contributed by atoms with E-state index in [1.165, 1.54) is 6.92 Å². The first-order valence-electron chi connectivity index (χ1n) is 5.44. The summed E-state index contributed by atoms with van der Waals surface area (Å²) >= 11 is 1.94. The van der Waals surface area contributed by atoms with Crippen LogP contribution in [0.2, 0.25) is 0 Å². The van der Waals surface area contributed by atoms with Crippen LogP contribution in [0.25, 0.3) is 0 Å². The number of carbonyl (C=O) groups excluding carboxylic acids is 1. The summed E-state index contributed by atoms with van der Waals surface area (Å²) in [6, 6.07) is -1.24. The van der Waals surface area contributed by atoms with E-state index >= 15 is 0 Å². The van der Waals surface area contributed by atoms with Gasteiger partial charge in [0.2, 0.25) is 0 Å². The fraction of sp³-hybridized carbons (Fsp3) is 0.800. The maximum Gasteiger partial charge on any atom is 0.325 e. The van der Waals surface area contributed by atoms with E-state index in [9.17, 15) is 9.59 Å². The number of rotatable bonds is 4. The molecule has 2 amide bonds. The Morgan fingerprint density at radius 1 is 1.44 bits per heavy atom. The number of urea groups is 1. The van der Waals surface area contributed by atoms with Gasteiger partial charge in [0.05, 0.1) is 0 Å². The fourth-order valence-electron chi connectivity index (χ4n) is 1.50. The lowest BCUT2D eigenvalue weighted by atomic mass is 10.0. The van der Waals surface area contributed by atoms with Crippen LogP contribution in [0, 0.1) is 5.92 Å². The molecule has 6 heteroatoms. The van der Waals surface area contributed by atoms with Crippen molar-refractivity contribution in [2.45, 2.75) is 25.8 Å². The number of amides is 2. The predicted octanol–water partition coefficient (Wildman–Crippen LogP) is 0.902. The summed E-state index contributed by atoms with van der Waals surface area (Å²) in [6.45, 7) is 2.08. The highest BCUT2D eigenvalue weighted by atomic mass is 32.2. The quantitative estimate of drug-likeness (QED) is 0.688. The van der Waals surface area contributed by atoms with Crippen LogP contribution < -0.4 is 10.6 Å². The lowest BCUT2D eigenvalue weighted by Crippen LogP contribution is -2.45. The van der Waals surface area contributed by atoms with Crippen molar-refractivity contribution in [3.8, 4) is 0 Å². The summed E-state index contributed by atoms with van der Waals surface area (Å²) in [7, 11) is 0. The normalized spacial score (nSPS) is 18.8. The minimum Gasteiger partial charge on any atom is -0.480 e. The standard InChI is InChI=1S/C10H18N2O3S/c1-7(9(13)14)12-10(15)11-6-8-2-4-16-5-3-8/h7-8H,2-6H2,1H3,(H,13,14)(H2,11,12,15). The number of aliphatic carboxylic acids is 1. The van der Waals surface area contributed by atoms with Crippen LogP contribution >= 0.6 is 11.8 Å². The van der Waals surface area contributed by atoms with Gasteiger partial charge in [-0.1, -0.05) is 0 Å². The highest BCUT2D eigenvalue weighted by molar-refractivity contribution is 7.99. The molecule has 1 aliphatic rings. The zero-order valence-corrected chi connectivity index (χ0v) is 10.2. The van der Waals surface area contributed by atoms with Crippen molar-refractivity contribution in [1.29, 1.82) is 0 Å². The average molecular weight is 246 g/mol. The van der Waals surface area contributed by atoms with Crippen molar-refractivity contribution in [3.05, 3.63) is 0 Å². The Morgan fingerprint density at radius 3 is 2.62 bits per heavy atom. The zero-order chi connectivity index (χ0) is 12.0. The molecule has 1 rings (SSSR count). The maximum atomic E-state index is 11.3. The molecule has 0 aromatic carbocycles. The topological polar surface area (TPSA) is 78.4 Å². The number of carbonyl (C=O) groups is 2. The third-order valence-electron chi connectivity index (χ3n) is 2.61. The van der Waals surface area contributed by atoms with Crippen LogP contribution in [0.1, 0.15) is 19.8 Å². The molecule has 5 nitrogen and oxygen atoms in total. The minimum absolute atomic E-state index is 0.395. The van der Waals surface area contributed by atoms with Crippen LogP contribution in [0.4, 0.5) is 4.79 Å². The highest BCUT2D eigenvalue weighted by Gasteiger charge is 2.16. The average Bonchev–Trinajstić information content (AvgIpc) is 2.27. The van der Waals surface area contributed by atoms with Crippen molar-refractivity contribution < 1.29 is 14.7 Å². The first kappa shape index (κ1) is 13.2. The van der Waals surface area contributed by atoms with Gasteiger partial charge in [-0.05, 0) is 37.2 Å². The molecule has 1 aliphatic heterocycles. The zero-order valence-electron chi connectivity index (χ0n) is 9.36. The molecule has 1 fully saturated rings. The molecule has 92 valence electrons. The van der Waals surface area contributed by atoms with E-state index < -0.39 is 18.0 Å². The number of hydrogen-bond acceptors (Lipinski definition) is 3. The Balaban J connectivity index is 2.16. The highest BCUT2D eigenvalue weighted by Crippen LogP contribution is 2.21. The van der Waals surface area contributed by atoms with Gasteiger partial charge in [-0.2, -0.15) is 11.8 Å². The molecule has 0 aromatic heterocycles. The first-order chi connectivity index (χ1) is 7.59. The number of hydrogen-bond donors (Lipinski definition) is 3. The Hall–Kier alpha value is -0.910. The Morgan fingerprint density at radius 2 is 2.06 bits per heavy atom. The number of carboxylic acid groups (broad SMARTS) is 1. The molecule has 1 unspecified atom stereocenters. The summed E-state index contributed by atoms with van der Waals surface area (Å²) in [6.07, 6.45) is 2.25. The van der Waals surface area contributed by atoms with Gasteiger partial charge < -0.3 is 15.7 Å². The van der Waals surface area contributed by atoms with Crippen LogP contribution in [0.3, 0.4) is 0 Å². The van der Waals surface area contributed by atoms with Crippen molar-refractivity contribution in [1.82, 2.24) is 10.6 Å². The second-order valence-electron chi connectivity index (χ2n) is 3.97. The smallest absolute Gasteiger partial charge is 0.325 e. The van der Waals surface area contributed by atoms with Crippen molar-refractivity contribution in [2.24, 2.45) is 5.92 Å². The molecular formula is C10H18N2O3S. The summed E-state index contributed by atoms with van der Waals surface area (Å²) in [5.41, 5.74) is 0. The molecule has 1 heterocycles. The van der Waals surface area contributed by atoms with Gasteiger partial charge >= 0.3 is 12.0 Å². The molecule has 16 heavy (non-hydrogen) atoms. The van der Waals surface area contributed by atoms with E-state index in [0.29, 0.717) is 12.5 Å². The molecule has 0 radical (unpaired) electrons. The largest absolute Gasteiger partial charge is 0.480 e. The van der Waals surface area contributed by atoms with Gasteiger partial charge in [-0.3, -0.25) is 4.79 Å². The molecule has 1 atom stereocenters. The van der Waals surface area contributed by atoms with Crippen molar-refractivity contribution >= 4 is 23.8 Å². The fourth-order valence-corrected chi connectivity index (χ4v) is 2.70. The maximum absolute atomic E-state index is 11.3. The second-order valence-corrected chi connectivity index (χ2v) is 5.19. The SMILES string of the molecule is CC(NC(=O)NCC1CCSCC1)C(=O)O. The van der Waals surface area contributed by atoms with Crippen LogP contribution in [-0.2, 0) is 4.79 Å². The summed E-state index contributed by atoms with van der Waals surface area (Å²) in [5, 5.41) is 13.7. The molecule has 1 saturated heterocycles. The second kappa shape index (κ2) is 6.62. The number of thioether (sulfide) groups is 1. The molecule has 3 N–H and O–H groups in total. The van der Waals surface area contributed by atoms with E-state index in [2.05, 4.69) is 10.6 Å². The monoisotopic (exact) mass is 246 g/mol. The number of carboxylic acids is 1. The molecule has 0 aliphatic carbocycles. The van der Waals surface area contributed by atoms with E-state index in [1.54, 1.807) is 0 Å². The van der Waals surface area contributed by atoms with Gasteiger partial charge in [-0.25, -0.2) is 4.79 Å². The van der Waals surface area contributed by atoms with E-state index in [0.717, 1.165) is 24.3 Å². The summed E-state index contributed by atoms with van der Waals surface area (Å²) in [4.78, 5) is 21.8. The Labute approximate surface area is 99.4 Å². The minimum atomic E-state index is -1.02. The van der Waals surface area contributed by atoms with Gasteiger partial charge in [0.25, 0.3) is 0 Å². The van der Waals surface area contributed by atoms with E-state index in [1.807, 2.05) is 11.8 Å². The van der Waals surface area contributed by atoms with E-state index in [-0.39, 0.29) is 0 Å². The van der Waals surface area contributed by atoms with Crippen LogP contribution in [0.5, 0.6) is 0 Å². The van der Waals surface area contributed by atoms with Crippen LogP contribution in [0.15, 0.2) is 0 Å². The van der Waals surface area contributed by atoms with Gasteiger partial charge in [-0.15, -0.1) is 0 Å². The molecular weight excluding hydrogens is 228 g/mol. The van der Waals surface area contributed by atoms with Gasteiger partial charge in [0, 0.05) is 6.54 Å². The Bertz CT molecular complexity index is 254. The first-order valence-corrected chi connectivity index (χ1v) is 6.60. The third kappa shape index (κ3) is 4.74. The van der Waals surface area contributed by atoms with Gasteiger partial charge in [0.1, 0.15) is 6.04 Å². The Kier molecular flexibility index (Phi) is 5.45. The molecule has 0 aromatic rings.